The number of thiophene rings is 1. The van der Waals surface area contributed by atoms with Crippen LogP contribution in [0.2, 0.25) is 0 Å². The fourth-order valence-corrected chi connectivity index (χ4v) is 3.15. The molecule has 3 rings (SSSR count). The summed E-state index contributed by atoms with van der Waals surface area (Å²) in [7, 11) is 0. The normalized spacial score (nSPS) is 10.2. The number of nitrogens with one attached hydrogen (secondary N) is 2. The van der Waals surface area contributed by atoms with E-state index >= 15 is 0 Å². The minimum absolute atomic E-state index is 0.134. The predicted octanol–water partition coefficient (Wildman–Crippen LogP) is 3.88. The molecule has 0 unspecified atom stereocenters. The summed E-state index contributed by atoms with van der Waals surface area (Å²) in [6, 6.07) is 16.3. The first-order chi connectivity index (χ1) is 13.0. The van der Waals surface area contributed by atoms with Gasteiger partial charge in [0.25, 0.3) is 5.91 Å². The van der Waals surface area contributed by atoms with Gasteiger partial charge in [0, 0.05) is 10.6 Å². The number of amides is 2. The summed E-state index contributed by atoms with van der Waals surface area (Å²) in [5.41, 5.74) is 1.33. The maximum Gasteiger partial charge on any atom is 0.335 e. The molecule has 3 N–H and O–H groups in total. The van der Waals surface area contributed by atoms with E-state index in [1.54, 1.807) is 24.3 Å². The second-order valence-electron chi connectivity index (χ2n) is 5.69. The number of hydrogen-bond acceptors (Lipinski definition) is 4. The lowest BCUT2D eigenvalue weighted by Gasteiger charge is -2.11. The molecular formula is C20H16N2O4S. The van der Waals surface area contributed by atoms with Crippen LogP contribution in [-0.2, 0) is 11.2 Å². The van der Waals surface area contributed by atoms with Crippen LogP contribution in [0.15, 0.2) is 66.0 Å². The van der Waals surface area contributed by atoms with Crippen molar-refractivity contribution in [3.63, 3.8) is 0 Å². The summed E-state index contributed by atoms with van der Waals surface area (Å²) < 4.78 is 0. The highest BCUT2D eigenvalue weighted by Crippen LogP contribution is 2.19. The van der Waals surface area contributed by atoms with Gasteiger partial charge in [-0.2, -0.15) is 0 Å². The molecule has 0 atom stereocenters. The zero-order valence-corrected chi connectivity index (χ0v) is 15.0. The van der Waals surface area contributed by atoms with E-state index in [4.69, 9.17) is 5.11 Å². The minimum Gasteiger partial charge on any atom is -0.478 e. The van der Waals surface area contributed by atoms with Gasteiger partial charge in [0.05, 0.1) is 23.2 Å². The molecule has 2 aromatic carbocycles. The molecule has 0 aliphatic heterocycles. The Hall–Kier alpha value is -3.45. The number of para-hydroxylation sites is 1. The third-order valence-corrected chi connectivity index (χ3v) is 4.63. The van der Waals surface area contributed by atoms with Crippen molar-refractivity contribution in [3.05, 3.63) is 82.0 Å². The van der Waals surface area contributed by atoms with Gasteiger partial charge >= 0.3 is 5.97 Å². The Morgan fingerprint density at radius 1 is 0.889 bits per heavy atom. The Morgan fingerprint density at radius 3 is 2.30 bits per heavy atom. The summed E-state index contributed by atoms with van der Waals surface area (Å²) in [5.74, 6) is -1.64. The van der Waals surface area contributed by atoms with E-state index in [1.165, 1.54) is 35.6 Å². The van der Waals surface area contributed by atoms with Gasteiger partial charge in [0.1, 0.15) is 0 Å². The van der Waals surface area contributed by atoms with Crippen LogP contribution in [0.25, 0.3) is 0 Å². The highest BCUT2D eigenvalue weighted by molar-refractivity contribution is 7.10. The third kappa shape index (κ3) is 4.80. The SMILES string of the molecule is O=C(Cc1cccs1)Nc1ccccc1C(=O)Nc1ccc(C(=O)O)cc1. The molecule has 6 nitrogen and oxygen atoms in total. The van der Waals surface area contributed by atoms with Gasteiger partial charge in [-0.25, -0.2) is 4.79 Å². The topological polar surface area (TPSA) is 95.5 Å². The number of carboxylic acids is 1. The smallest absolute Gasteiger partial charge is 0.335 e. The van der Waals surface area contributed by atoms with Crippen molar-refractivity contribution in [1.29, 1.82) is 0 Å². The molecule has 2 amide bonds. The first-order valence-corrected chi connectivity index (χ1v) is 8.97. The van der Waals surface area contributed by atoms with Gasteiger partial charge in [-0.05, 0) is 47.8 Å². The van der Waals surface area contributed by atoms with E-state index in [0.717, 1.165) is 4.88 Å². The molecular weight excluding hydrogens is 364 g/mol. The second-order valence-corrected chi connectivity index (χ2v) is 6.72. The molecule has 7 heteroatoms. The number of carbonyl (C=O) groups is 3. The van der Waals surface area contributed by atoms with Crippen molar-refractivity contribution < 1.29 is 19.5 Å². The molecule has 0 aliphatic carbocycles. The van der Waals surface area contributed by atoms with Gasteiger partial charge in [-0.1, -0.05) is 18.2 Å². The van der Waals surface area contributed by atoms with E-state index in [9.17, 15) is 14.4 Å². The Morgan fingerprint density at radius 2 is 1.63 bits per heavy atom. The Kier molecular flexibility index (Phi) is 5.63. The first-order valence-electron chi connectivity index (χ1n) is 8.09. The number of aromatic carboxylic acids is 1. The molecule has 27 heavy (non-hydrogen) atoms. The fraction of sp³-hybridized carbons (Fsp3) is 0.0500. The third-order valence-electron chi connectivity index (χ3n) is 3.75. The van der Waals surface area contributed by atoms with Crippen molar-refractivity contribution >= 4 is 40.5 Å². The fourth-order valence-electron chi connectivity index (χ4n) is 2.45. The largest absolute Gasteiger partial charge is 0.478 e. The van der Waals surface area contributed by atoms with Crippen molar-refractivity contribution in [3.8, 4) is 0 Å². The zero-order chi connectivity index (χ0) is 19.2. The van der Waals surface area contributed by atoms with Gasteiger partial charge in [-0.3, -0.25) is 9.59 Å². The van der Waals surface area contributed by atoms with E-state index in [0.29, 0.717) is 16.9 Å². The van der Waals surface area contributed by atoms with Crippen LogP contribution in [0.1, 0.15) is 25.6 Å². The summed E-state index contributed by atoms with van der Waals surface area (Å²) in [4.78, 5) is 36.6. The standard InChI is InChI=1S/C20H16N2O4S/c23-18(12-15-4-3-11-27-15)22-17-6-2-1-5-16(17)19(24)21-14-9-7-13(8-10-14)20(25)26/h1-11H,12H2,(H,21,24)(H,22,23)(H,25,26). The molecule has 0 saturated heterocycles. The predicted molar refractivity (Wildman–Crippen MR) is 104 cm³/mol. The second kappa shape index (κ2) is 8.29. The Bertz CT molecular complexity index is 966. The van der Waals surface area contributed by atoms with Gasteiger partial charge in [0.2, 0.25) is 5.91 Å². The molecule has 0 spiro atoms. The first kappa shape index (κ1) is 18.3. The van der Waals surface area contributed by atoms with Crippen molar-refractivity contribution in [1.82, 2.24) is 0 Å². The van der Waals surface area contributed by atoms with Crippen LogP contribution in [-0.4, -0.2) is 22.9 Å². The molecule has 3 aromatic rings. The van der Waals surface area contributed by atoms with Gasteiger partial charge < -0.3 is 15.7 Å². The van der Waals surface area contributed by atoms with Crippen LogP contribution in [0.3, 0.4) is 0 Å². The zero-order valence-electron chi connectivity index (χ0n) is 14.1. The molecule has 1 heterocycles. The monoisotopic (exact) mass is 380 g/mol. The van der Waals surface area contributed by atoms with Crippen molar-refractivity contribution in [2.24, 2.45) is 0 Å². The summed E-state index contributed by atoms with van der Waals surface area (Å²) in [5, 5.41) is 16.3. The van der Waals surface area contributed by atoms with E-state index in [-0.39, 0.29) is 17.9 Å². The van der Waals surface area contributed by atoms with Gasteiger partial charge in [0.15, 0.2) is 0 Å². The highest BCUT2D eigenvalue weighted by atomic mass is 32.1. The van der Waals surface area contributed by atoms with Crippen molar-refractivity contribution in [2.75, 3.05) is 10.6 Å². The molecule has 136 valence electrons. The lowest BCUT2D eigenvalue weighted by molar-refractivity contribution is -0.115. The molecule has 0 saturated carbocycles. The summed E-state index contributed by atoms with van der Waals surface area (Å²) >= 11 is 1.50. The molecule has 0 radical (unpaired) electrons. The summed E-state index contributed by atoms with van der Waals surface area (Å²) in [6.07, 6.45) is 0.240. The minimum atomic E-state index is -1.04. The number of hydrogen-bond donors (Lipinski definition) is 3. The number of anilines is 2. The molecule has 0 bridgehead atoms. The van der Waals surface area contributed by atoms with Crippen LogP contribution in [0.5, 0.6) is 0 Å². The average Bonchev–Trinajstić information content (AvgIpc) is 3.15. The van der Waals surface area contributed by atoms with Crippen LogP contribution in [0.4, 0.5) is 11.4 Å². The van der Waals surface area contributed by atoms with Gasteiger partial charge in [-0.15, -0.1) is 11.3 Å². The number of carboxylic acid groups (broad SMARTS) is 1. The summed E-state index contributed by atoms with van der Waals surface area (Å²) in [6.45, 7) is 0. The van der Waals surface area contributed by atoms with E-state index in [2.05, 4.69) is 10.6 Å². The Labute approximate surface area is 159 Å². The quantitative estimate of drug-likeness (QED) is 0.605. The van der Waals surface area contributed by atoms with E-state index in [1.807, 2.05) is 17.5 Å². The molecule has 0 aliphatic rings. The van der Waals surface area contributed by atoms with Crippen LogP contribution >= 0.6 is 11.3 Å². The van der Waals surface area contributed by atoms with Crippen LogP contribution in [0, 0.1) is 0 Å². The number of benzene rings is 2. The number of carbonyl (C=O) groups excluding carboxylic acids is 2. The Balaban J connectivity index is 1.71. The average molecular weight is 380 g/mol. The maximum absolute atomic E-state index is 12.6. The highest BCUT2D eigenvalue weighted by Gasteiger charge is 2.14. The maximum atomic E-state index is 12.6. The lowest BCUT2D eigenvalue weighted by atomic mass is 10.1. The van der Waals surface area contributed by atoms with Crippen molar-refractivity contribution in [2.45, 2.75) is 6.42 Å². The lowest BCUT2D eigenvalue weighted by Crippen LogP contribution is -2.19. The number of rotatable bonds is 6. The molecule has 0 fully saturated rings. The van der Waals surface area contributed by atoms with Crippen LogP contribution < -0.4 is 10.6 Å². The molecule has 1 aromatic heterocycles. The van der Waals surface area contributed by atoms with E-state index < -0.39 is 11.9 Å².